The molecule has 1 heterocycles. The highest BCUT2D eigenvalue weighted by Crippen LogP contribution is 2.18. The molecule has 0 bridgehead atoms. The molecule has 2 rings (SSSR count). The molecule has 112 valence electrons. The van der Waals surface area contributed by atoms with Crippen molar-refractivity contribution in [2.45, 2.75) is 18.4 Å². The Hall–Kier alpha value is -1.83. The molecule has 21 heavy (non-hydrogen) atoms. The van der Waals surface area contributed by atoms with Gasteiger partial charge in [0.1, 0.15) is 11.5 Å². The van der Waals surface area contributed by atoms with E-state index in [1.165, 1.54) is 18.2 Å². The van der Waals surface area contributed by atoms with Gasteiger partial charge in [0, 0.05) is 10.6 Å². The molecule has 0 saturated heterocycles. The number of nitrogens with one attached hydrogen (secondary N) is 1. The lowest BCUT2D eigenvalue weighted by Crippen LogP contribution is -2.23. The first-order chi connectivity index (χ1) is 9.75. The summed E-state index contributed by atoms with van der Waals surface area (Å²) in [5.41, 5.74) is 0.106. The summed E-state index contributed by atoms with van der Waals surface area (Å²) in [6.45, 7) is 1.98. The Morgan fingerprint density at radius 2 is 2.05 bits per heavy atom. The second-order valence-electron chi connectivity index (χ2n) is 4.42. The molecule has 1 aromatic carbocycles. The number of furan rings is 1. The van der Waals surface area contributed by atoms with Crippen molar-refractivity contribution in [3.8, 4) is 0 Å². The normalized spacial score (nSPS) is 11.4. The van der Waals surface area contributed by atoms with Crippen molar-refractivity contribution in [2.75, 3.05) is 0 Å². The third-order valence-electron chi connectivity index (χ3n) is 2.68. The fraction of sp³-hybridized carbons (Fsp3) is 0.154. The van der Waals surface area contributed by atoms with Gasteiger partial charge in [-0.1, -0.05) is 11.6 Å². The third kappa shape index (κ3) is 4.07. The molecule has 0 spiro atoms. The number of nitrogens with two attached hydrogens (primary N) is 1. The van der Waals surface area contributed by atoms with Crippen LogP contribution in [0, 0.1) is 6.92 Å². The maximum atomic E-state index is 12.0. The number of carbonyl (C=O) groups excluding carboxylic acids is 1. The predicted molar refractivity (Wildman–Crippen MR) is 77.4 cm³/mol. The summed E-state index contributed by atoms with van der Waals surface area (Å²) in [6, 6.07) is 7.23. The van der Waals surface area contributed by atoms with Gasteiger partial charge in [-0.25, -0.2) is 13.6 Å². The van der Waals surface area contributed by atoms with Crippen LogP contribution >= 0.6 is 11.6 Å². The quantitative estimate of drug-likeness (QED) is 0.893. The first-order valence-corrected chi connectivity index (χ1v) is 7.85. The van der Waals surface area contributed by atoms with Gasteiger partial charge in [0.15, 0.2) is 0 Å². The van der Waals surface area contributed by atoms with E-state index in [0.29, 0.717) is 5.76 Å². The number of carbonyl (C=O) groups is 1. The Kier molecular flexibility index (Phi) is 4.36. The number of aryl methyl sites for hydroxylation is 1. The van der Waals surface area contributed by atoms with Crippen molar-refractivity contribution in [1.29, 1.82) is 0 Å². The topological polar surface area (TPSA) is 102 Å². The second-order valence-corrected chi connectivity index (χ2v) is 6.41. The van der Waals surface area contributed by atoms with Crippen LogP contribution in [0.15, 0.2) is 39.6 Å². The van der Waals surface area contributed by atoms with E-state index in [1.54, 1.807) is 19.1 Å². The molecule has 0 fully saturated rings. The molecule has 0 aliphatic carbocycles. The predicted octanol–water partition coefficient (Wildman–Crippen LogP) is 1.82. The van der Waals surface area contributed by atoms with Crippen LogP contribution in [0.4, 0.5) is 0 Å². The van der Waals surface area contributed by atoms with Crippen molar-refractivity contribution in [2.24, 2.45) is 5.14 Å². The average Bonchev–Trinajstić information content (AvgIpc) is 2.80. The molecule has 0 aliphatic heterocycles. The molecule has 0 aliphatic rings. The second kappa shape index (κ2) is 5.88. The van der Waals surface area contributed by atoms with Crippen molar-refractivity contribution >= 4 is 27.5 Å². The van der Waals surface area contributed by atoms with Crippen LogP contribution in [-0.2, 0) is 16.6 Å². The first kappa shape index (κ1) is 15.6. The average molecular weight is 329 g/mol. The Labute approximate surface area is 126 Å². The molecule has 0 atom stereocenters. The van der Waals surface area contributed by atoms with Crippen LogP contribution in [0.3, 0.4) is 0 Å². The lowest BCUT2D eigenvalue weighted by molar-refractivity contribution is 0.0947. The zero-order valence-corrected chi connectivity index (χ0v) is 12.7. The van der Waals surface area contributed by atoms with Gasteiger partial charge in [0.25, 0.3) is 5.91 Å². The van der Waals surface area contributed by atoms with E-state index in [9.17, 15) is 13.2 Å². The molecule has 0 radical (unpaired) electrons. The van der Waals surface area contributed by atoms with Gasteiger partial charge in [-0.2, -0.15) is 0 Å². The number of hydrogen-bond donors (Lipinski definition) is 2. The minimum Gasteiger partial charge on any atom is -0.465 e. The lowest BCUT2D eigenvalue weighted by atomic mass is 10.2. The van der Waals surface area contributed by atoms with E-state index in [-0.39, 0.29) is 22.0 Å². The van der Waals surface area contributed by atoms with Crippen molar-refractivity contribution in [1.82, 2.24) is 5.32 Å². The van der Waals surface area contributed by atoms with Gasteiger partial charge in [0.2, 0.25) is 10.0 Å². The number of sulfonamides is 1. The van der Waals surface area contributed by atoms with Crippen LogP contribution in [0.2, 0.25) is 5.02 Å². The van der Waals surface area contributed by atoms with Gasteiger partial charge >= 0.3 is 0 Å². The summed E-state index contributed by atoms with van der Waals surface area (Å²) < 4.78 is 27.9. The summed E-state index contributed by atoms with van der Waals surface area (Å²) >= 11 is 5.80. The third-order valence-corrected chi connectivity index (χ3v) is 3.79. The molecule has 1 amide bonds. The van der Waals surface area contributed by atoms with E-state index in [0.717, 1.165) is 5.76 Å². The summed E-state index contributed by atoms with van der Waals surface area (Å²) in [4.78, 5) is 11.8. The Morgan fingerprint density at radius 3 is 2.62 bits per heavy atom. The number of halogens is 1. The largest absolute Gasteiger partial charge is 0.465 e. The molecule has 2 aromatic rings. The maximum absolute atomic E-state index is 12.0. The minimum absolute atomic E-state index is 0.106. The molecule has 8 heteroatoms. The van der Waals surface area contributed by atoms with Gasteiger partial charge in [0.05, 0.1) is 11.4 Å². The highest BCUT2D eigenvalue weighted by Gasteiger charge is 2.14. The van der Waals surface area contributed by atoms with Crippen molar-refractivity contribution < 1.29 is 17.6 Å². The Balaban J connectivity index is 2.17. The molecular formula is C13H13ClN2O4S. The fourth-order valence-corrected chi connectivity index (χ4v) is 2.59. The number of primary sulfonamides is 1. The number of rotatable bonds is 4. The Bertz CT molecular complexity index is 783. The van der Waals surface area contributed by atoms with Crippen LogP contribution < -0.4 is 10.5 Å². The number of hydrogen-bond acceptors (Lipinski definition) is 4. The van der Waals surface area contributed by atoms with Gasteiger partial charge < -0.3 is 9.73 Å². The number of benzene rings is 1. The minimum atomic E-state index is -3.93. The molecular weight excluding hydrogens is 316 g/mol. The van der Waals surface area contributed by atoms with Crippen LogP contribution in [0.5, 0.6) is 0 Å². The van der Waals surface area contributed by atoms with Crippen molar-refractivity contribution in [3.63, 3.8) is 0 Å². The maximum Gasteiger partial charge on any atom is 0.251 e. The zero-order valence-electron chi connectivity index (χ0n) is 11.1. The van der Waals surface area contributed by atoms with Crippen LogP contribution in [-0.4, -0.2) is 14.3 Å². The van der Waals surface area contributed by atoms with E-state index in [1.807, 2.05) is 0 Å². The summed E-state index contributed by atoms with van der Waals surface area (Å²) in [6.07, 6.45) is 0. The van der Waals surface area contributed by atoms with E-state index < -0.39 is 15.9 Å². The summed E-state index contributed by atoms with van der Waals surface area (Å²) in [5.74, 6) is 0.851. The molecule has 1 aromatic heterocycles. The highest BCUT2D eigenvalue weighted by molar-refractivity contribution is 7.89. The molecule has 3 N–H and O–H groups in total. The van der Waals surface area contributed by atoms with E-state index in [2.05, 4.69) is 5.32 Å². The molecule has 6 nitrogen and oxygen atoms in total. The van der Waals surface area contributed by atoms with Crippen molar-refractivity contribution in [3.05, 3.63) is 52.4 Å². The molecule has 0 unspecified atom stereocenters. The standard InChI is InChI=1S/C13H13ClN2O4S/c1-8-2-3-11(20-8)7-16-13(17)9-4-10(14)6-12(5-9)21(15,18)19/h2-6H,7H2,1H3,(H,16,17)(H2,15,18,19). The monoisotopic (exact) mass is 328 g/mol. The van der Waals surface area contributed by atoms with Gasteiger partial charge in [-0.3, -0.25) is 4.79 Å². The van der Waals surface area contributed by atoms with Crippen LogP contribution in [0.1, 0.15) is 21.9 Å². The van der Waals surface area contributed by atoms with E-state index in [4.69, 9.17) is 21.2 Å². The molecule has 0 saturated carbocycles. The van der Waals surface area contributed by atoms with E-state index >= 15 is 0 Å². The summed E-state index contributed by atoms with van der Waals surface area (Å²) in [7, 11) is -3.93. The lowest BCUT2D eigenvalue weighted by Gasteiger charge is -2.06. The summed E-state index contributed by atoms with van der Waals surface area (Å²) in [5, 5.41) is 7.75. The number of amides is 1. The first-order valence-electron chi connectivity index (χ1n) is 5.92. The van der Waals surface area contributed by atoms with Gasteiger partial charge in [-0.15, -0.1) is 0 Å². The zero-order chi connectivity index (χ0) is 15.6. The van der Waals surface area contributed by atoms with Gasteiger partial charge in [-0.05, 0) is 37.3 Å². The Morgan fingerprint density at radius 1 is 1.33 bits per heavy atom. The highest BCUT2D eigenvalue weighted by atomic mass is 35.5. The fourth-order valence-electron chi connectivity index (χ4n) is 1.71. The SMILES string of the molecule is Cc1ccc(CNC(=O)c2cc(Cl)cc(S(N)(=O)=O)c2)o1. The smallest absolute Gasteiger partial charge is 0.251 e. The van der Waals surface area contributed by atoms with Crippen LogP contribution in [0.25, 0.3) is 0 Å².